The van der Waals surface area contributed by atoms with E-state index in [0.717, 1.165) is 22.2 Å². The summed E-state index contributed by atoms with van der Waals surface area (Å²) >= 11 is 3.76. The van der Waals surface area contributed by atoms with Gasteiger partial charge < -0.3 is 0 Å². The SMILES string of the molecule is CC1(C)c2cc3c(cc2-c2ccc4c5ccccc5n(-c5nc(-c6ccccc6)nc(-c6ccccc6)n5)c4c21)Sc1ccccc1S3. The van der Waals surface area contributed by atoms with Crippen LogP contribution in [0.4, 0.5) is 0 Å². The van der Waals surface area contributed by atoms with E-state index in [2.05, 4.69) is 115 Å². The van der Waals surface area contributed by atoms with Crippen molar-refractivity contribution in [3.8, 4) is 39.9 Å². The molecule has 0 fully saturated rings. The number of nitrogens with zero attached hydrogens (tertiary/aromatic N) is 4. The van der Waals surface area contributed by atoms with E-state index >= 15 is 0 Å². The van der Waals surface area contributed by atoms with E-state index in [9.17, 15) is 0 Å². The van der Waals surface area contributed by atoms with E-state index in [4.69, 9.17) is 15.0 Å². The predicted molar refractivity (Wildman–Crippen MR) is 197 cm³/mol. The molecule has 3 heterocycles. The maximum Gasteiger partial charge on any atom is 0.238 e. The summed E-state index contributed by atoms with van der Waals surface area (Å²) in [4.78, 5) is 20.7. The molecule has 8 aromatic rings. The van der Waals surface area contributed by atoms with E-state index < -0.39 is 0 Å². The van der Waals surface area contributed by atoms with Gasteiger partial charge in [-0.05, 0) is 52.6 Å². The Hall–Kier alpha value is -5.17. The molecule has 0 radical (unpaired) electrons. The van der Waals surface area contributed by atoms with Gasteiger partial charge in [0, 0.05) is 46.9 Å². The summed E-state index contributed by atoms with van der Waals surface area (Å²) in [6, 6.07) is 47.3. The summed E-state index contributed by atoms with van der Waals surface area (Å²) < 4.78 is 2.29. The monoisotopic (exact) mass is 652 g/mol. The molecule has 6 heteroatoms. The lowest BCUT2D eigenvalue weighted by atomic mass is 9.81. The van der Waals surface area contributed by atoms with Crippen molar-refractivity contribution >= 4 is 45.3 Å². The van der Waals surface area contributed by atoms with Gasteiger partial charge in [0.1, 0.15) is 0 Å². The number of rotatable bonds is 3. The van der Waals surface area contributed by atoms with Gasteiger partial charge in [-0.25, -0.2) is 4.98 Å². The zero-order valence-corrected chi connectivity index (χ0v) is 27.9. The van der Waals surface area contributed by atoms with Gasteiger partial charge in [0.05, 0.1) is 11.0 Å². The fourth-order valence-corrected chi connectivity index (χ4v) is 9.75. The van der Waals surface area contributed by atoms with E-state index in [0.29, 0.717) is 17.6 Å². The molecule has 0 bridgehead atoms. The van der Waals surface area contributed by atoms with Crippen LogP contribution in [0.5, 0.6) is 0 Å². The van der Waals surface area contributed by atoms with Crippen LogP contribution in [-0.4, -0.2) is 19.5 Å². The molecule has 2 aromatic heterocycles. The third kappa shape index (κ3) is 4.09. The Kier molecular flexibility index (Phi) is 6.05. The minimum Gasteiger partial charge on any atom is -0.277 e. The zero-order chi connectivity index (χ0) is 32.0. The van der Waals surface area contributed by atoms with Crippen molar-refractivity contribution in [2.24, 2.45) is 0 Å². The Morgan fingerprint density at radius 3 is 1.77 bits per heavy atom. The second-order valence-corrected chi connectivity index (χ2v) is 15.0. The van der Waals surface area contributed by atoms with E-state index in [1.54, 1.807) is 0 Å². The average molecular weight is 653 g/mol. The van der Waals surface area contributed by atoms with Crippen LogP contribution < -0.4 is 0 Å². The maximum absolute atomic E-state index is 5.21. The molecular weight excluding hydrogens is 625 g/mol. The quantitative estimate of drug-likeness (QED) is 0.190. The van der Waals surface area contributed by atoms with Crippen LogP contribution in [0.15, 0.2) is 153 Å². The second kappa shape index (κ2) is 10.4. The second-order valence-electron chi connectivity index (χ2n) is 12.9. The molecule has 0 saturated carbocycles. The number of hydrogen-bond acceptors (Lipinski definition) is 5. The van der Waals surface area contributed by atoms with Crippen molar-refractivity contribution in [3.63, 3.8) is 0 Å². The molecule has 228 valence electrons. The van der Waals surface area contributed by atoms with Crippen LogP contribution in [-0.2, 0) is 5.41 Å². The first-order valence-electron chi connectivity index (χ1n) is 16.1. The Labute approximate surface area is 286 Å². The predicted octanol–water partition coefficient (Wildman–Crippen LogP) is 11.2. The molecule has 0 atom stereocenters. The molecule has 10 rings (SSSR count). The lowest BCUT2D eigenvalue weighted by molar-refractivity contribution is 0.660. The Morgan fingerprint density at radius 1 is 0.521 bits per heavy atom. The Bertz CT molecular complexity index is 2530. The first-order valence-corrected chi connectivity index (χ1v) is 17.8. The smallest absolute Gasteiger partial charge is 0.238 e. The van der Waals surface area contributed by atoms with Gasteiger partial charge >= 0.3 is 0 Å². The highest BCUT2D eigenvalue weighted by molar-refractivity contribution is 8.05. The molecule has 0 amide bonds. The highest BCUT2D eigenvalue weighted by Gasteiger charge is 2.40. The van der Waals surface area contributed by atoms with Crippen LogP contribution >= 0.6 is 23.5 Å². The third-order valence-corrected chi connectivity index (χ3v) is 12.2. The minimum absolute atomic E-state index is 0.259. The van der Waals surface area contributed by atoms with Crippen LogP contribution in [0.1, 0.15) is 25.0 Å². The highest BCUT2D eigenvalue weighted by Crippen LogP contribution is 2.57. The van der Waals surface area contributed by atoms with Crippen molar-refractivity contribution in [1.82, 2.24) is 19.5 Å². The number of benzene rings is 6. The number of para-hydroxylation sites is 1. The van der Waals surface area contributed by atoms with Crippen molar-refractivity contribution < 1.29 is 0 Å². The molecule has 6 aromatic carbocycles. The van der Waals surface area contributed by atoms with Gasteiger partial charge in [0.15, 0.2) is 11.6 Å². The average Bonchev–Trinajstić information content (AvgIpc) is 3.58. The maximum atomic E-state index is 5.21. The molecule has 0 unspecified atom stereocenters. The van der Waals surface area contributed by atoms with Crippen LogP contribution in [0.2, 0.25) is 0 Å². The molecular formula is C42H28N4S2. The Morgan fingerprint density at radius 2 is 1.10 bits per heavy atom. The van der Waals surface area contributed by atoms with Crippen LogP contribution in [0, 0.1) is 0 Å². The molecule has 2 aliphatic rings. The number of hydrogen-bond donors (Lipinski definition) is 0. The summed E-state index contributed by atoms with van der Waals surface area (Å²) in [7, 11) is 0. The molecule has 4 nitrogen and oxygen atoms in total. The van der Waals surface area contributed by atoms with E-state index in [1.807, 2.05) is 59.9 Å². The molecule has 0 spiro atoms. The fourth-order valence-electron chi connectivity index (χ4n) is 7.47. The van der Waals surface area contributed by atoms with Crippen molar-refractivity contribution in [2.75, 3.05) is 0 Å². The Balaban J connectivity index is 1.26. The highest BCUT2D eigenvalue weighted by atomic mass is 32.2. The van der Waals surface area contributed by atoms with E-state index in [1.165, 1.54) is 52.6 Å². The summed E-state index contributed by atoms with van der Waals surface area (Å²) in [6.45, 7) is 4.75. The van der Waals surface area contributed by atoms with Crippen molar-refractivity contribution in [3.05, 3.63) is 145 Å². The summed E-state index contributed by atoms with van der Waals surface area (Å²) in [5.74, 6) is 1.93. The van der Waals surface area contributed by atoms with Gasteiger partial charge in [-0.3, -0.25) is 4.57 Å². The fraction of sp³-hybridized carbons (Fsp3) is 0.0714. The molecule has 0 saturated heterocycles. The minimum atomic E-state index is -0.259. The summed E-state index contributed by atoms with van der Waals surface area (Å²) in [6.07, 6.45) is 0. The third-order valence-electron chi connectivity index (χ3n) is 9.69. The molecule has 1 aliphatic heterocycles. The molecule has 0 N–H and O–H groups in total. The van der Waals surface area contributed by atoms with Crippen molar-refractivity contribution in [2.45, 2.75) is 38.8 Å². The largest absolute Gasteiger partial charge is 0.277 e. The van der Waals surface area contributed by atoms with Crippen molar-refractivity contribution in [1.29, 1.82) is 0 Å². The first-order chi connectivity index (χ1) is 23.5. The molecule has 1 aliphatic carbocycles. The molecule has 48 heavy (non-hydrogen) atoms. The van der Waals surface area contributed by atoms with Gasteiger partial charge in [-0.2, -0.15) is 9.97 Å². The van der Waals surface area contributed by atoms with Gasteiger partial charge in [0.2, 0.25) is 5.95 Å². The lowest BCUT2D eigenvalue weighted by Gasteiger charge is -2.25. The first kappa shape index (κ1) is 27.9. The van der Waals surface area contributed by atoms with Gasteiger partial charge in [-0.15, -0.1) is 0 Å². The van der Waals surface area contributed by atoms with Gasteiger partial charge in [-0.1, -0.05) is 140 Å². The topological polar surface area (TPSA) is 43.6 Å². The summed E-state index contributed by atoms with van der Waals surface area (Å²) in [5.41, 5.74) is 9.15. The van der Waals surface area contributed by atoms with Gasteiger partial charge in [0.25, 0.3) is 0 Å². The van der Waals surface area contributed by atoms with Crippen LogP contribution in [0.25, 0.3) is 61.7 Å². The normalized spacial score (nSPS) is 14.0. The van der Waals surface area contributed by atoms with Crippen LogP contribution in [0.3, 0.4) is 0 Å². The zero-order valence-electron chi connectivity index (χ0n) is 26.3. The van der Waals surface area contributed by atoms with E-state index in [-0.39, 0.29) is 5.41 Å². The number of fused-ring (bicyclic) bond motifs is 9. The lowest BCUT2D eigenvalue weighted by Crippen LogP contribution is -2.17. The standard InChI is InChI=1S/C42H28N4S2/c1-42(2)31-24-36-35(47-33-19-11-12-20-34(33)48-36)23-30(31)28-21-22-29-27-17-9-10-18-32(27)46(38(29)37(28)42)41-44-39(25-13-5-3-6-14-25)43-40(45-41)26-15-7-4-8-16-26/h3-24H,1-2H3. The number of aromatic nitrogens is 4. The summed E-state index contributed by atoms with van der Waals surface area (Å²) in [5, 5.41) is 2.39.